The fourth-order valence-corrected chi connectivity index (χ4v) is 1.92. The smallest absolute Gasteiger partial charge is 0.150 e. The molecule has 3 heteroatoms. The first-order chi connectivity index (χ1) is 9.69. The third-order valence-electron chi connectivity index (χ3n) is 2.98. The second-order valence-electron chi connectivity index (χ2n) is 4.93. The van der Waals surface area contributed by atoms with Crippen molar-refractivity contribution < 1.29 is 9.53 Å². The molecule has 0 aliphatic carbocycles. The third-order valence-corrected chi connectivity index (χ3v) is 2.98. The Balaban J connectivity index is 2.23. The highest BCUT2D eigenvalue weighted by Gasteiger charge is 2.04. The number of hydrogen-bond donors (Lipinski definition) is 0. The number of hydrogen-bond acceptors (Lipinski definition) is 3. The lowest BCUT2D eigenvalue weighted by atomic mass is 10.0. The summed E-state index contributed by atoms with van der Waals surface area (Å²) in [5.74, 6) is 0.732. The lowest BCUT2D eigenvalue weighted by Crippen LogP contribution is -2.19. The van der Waals surface area contributed by atoms with Crippen molar-refractivity contribution in [3.05, 3.63) is 54.1 Å². The van der Waals surface area contributed by atoms with Crippen molar-refractivity contribution in [1.82, 2.24) is 4.90 Å². The average molecular weight is 269 g/mol. The number of ether oxygens (including phenoxy) is 1. The van der Waals surface area contributed by atoms with Crippen LogP contribution in [0.25, 0.3) is 11.1 Å². The van der Waals surface area contributed by atoms with Gasteiger partial charge in [-0.25, -0.2) is 0 Å². The zero-order valence-electron chi connectivity index (χ0n) is 11.9. The van der Waals surface area contributed by atoms with Gasteiger partial charge in [0.15, 0.2) is 0 Å². The molecule has 0 heterocycles. The fourth-order valence-electron chi connectivity index (χ4n) is 1.92. The van der Waals surface area contributed by atoms with Crippen LogP contribution in [0.2, 0.25) is 0 Å². The highest BCUT2D eigenvalue weighted by atomic mass is 16.5. The van der Waals surface area contributed by atoms with Crippen LogP contribution >= 0.6 is 0 Å². The van der Waals surface area contributed by atoms with E-state index < -0.39 is 0 Å². The van der Waals surface area contributed by atoms with Gasteiger partial charge in [-0.2, -0.15) is 0 Å². The molecule has 0 atom stereocenters. The zero-order valence-corrected chi connectivity index (χ0v) is 11.9. The monoisotopic (exact) mass is 269 g/mol. The van der Waals surface area contributed by atoms with Crippen LogP contribution in [-0.2, 0) is 0 Å². The van der Waals surface area contributed by atoms with Gasteiger partial charge in [-0.15, -0.1) is 0 Å². The van der Waals surface area contributed by atoms with Gasteiger partial charge in [0.05, 0.1) is 0 Å². The van der Waals surface area contributed by atoms with E-state index in [0.29, 0.717) is 12.2 Å². The minimum absolute atomic E-state index is 0.601. The molecular formula is C17H19NO2. The summed E-state index contributed by atoms with van der Waals surface area (Å²) in [5.41, 5.74) is 2.70. The minimum Gasteiger partial charge on any atom is -0.492 e. The number of nitrogens with zero attached hydrogens (tertiary/aromatic N) is 1. The predicted molar refractivity (Wildman–Crippen MR) is 81.3 cm³/mol. The van der Waals surface area contributed by atoms with Crippen LogP contribution in [0.3, 0.4) is 0 Å². The maximum absolute atomic E-state index is 11.1. The summed E-state index contributed by atoms with van der Waals surface area (Å²) in [6.07, 6.45) is 0.852. The van der Waals surface area contributed by atoms with E-state index in [0.717, 1.165) is 29.7 Å². The normalized spacial score (nSPS) is 10.6. The van der Waals surface area contributed by atoms with Crippen LogP contribution in [0.1, 0.15) is 10.4 Å². The molecule has 3 nitrogen and oxygen atoms in total. The maximum atomic E-state index is 11.1. The van der Waals surface area contributed by atoms with Crippen molar-refractivity contribution in [2.24, 2.45) is 0 Å². The molecule has 0 saturated carbocycles. The lowest BCUT2D eigenvalue weighted by Gasteiger charge is -2.12. The molecule has 0 aliphatic rings. The first kappa shape index (κ1) is 14.3. The van der Waals surface area contributed by atoms with E-state index in [1.807, 2.05) is 56.6 Å². The molecule has 2 aromatic carbocycles. The van der Waals surface area contributed by atoms with Gasteiger partial charge in [0, 0.05) is 12.1 Å². The second-order valence-corrected chi connectivity index (χ2v) is 4.93. The molecule has 0 unspecified atom stereocenters. The van der Waals surface area contributed by atoms with Crippen LogP contribution in [0, 0.1) is 0 Å². The van der Waals surface area contributed by atoms with Crippen molar-refractivity contribution in [1.29, 1.82) is 0 Å². The molecule has 2 aromatic rings. The summed E-state index contributed by atoms with van der Waals surface area (Å²) in [5, 5.41) is 0. The van der Waals surface area contributed by atoms with Gasteiger partial charge in [-0.3, -0.25) is 4.79 Å². The van der Waals surface area contributed by atoms with E-state index in [1.165, 1.54) is 0 Å². The summed E-state index contributed by atoms with van der Waals surface area (Å²) >= 11 is 0. The Morgan fingerprint density at radius 3 is 2.45 bits per heavy atom. The van der Waals surface area contributed by atoms with Gasteiger partial charge in [-0.05, 0) is 43.4 Å². The maximum Gasteiger partial charge on any atom is 0.150 e. The van der Waals surface area contributed by atoms with Gasteiger partial charge in [-0.1, -0.05) is 30.3 Å². The Labute approximate surface area is 119 Å². The average Bonchev–Trinajstić information content (AvgIpc) is 2.47. The quantitative estimate of drug-likeness (QED) is 0.755. The number of rotatable bonds is 6. The van der Waals surface area contributed by atoms with Gasteiger partial charge in [0.25, 0.3) is 0 Å². The van der Waals surface area contributed by atoms with E-state index in [1.54, 1.807) is 6.07 Å². The van der Waals surface area contributed by atoms with E-state index in [4.69, 9.17) is 4.74 Å². The van der Waals surface area contributed by atoms with E-state index in [9.17, 15) is 4.79 Å². The molecule has 2 rings (SSSR count). The van der Waals surface area contributed by atoms with Gasteiger partial charge < -0.3 is 9.64 Å². The third kappa shape index (κ3) is 3.93. The molecule has 0 N–H and O–H groups in total. The lowest BCUT2D eigenvalue weighted by molar-refractivity contribution is 0.112. The Morgan fingerprint density at radius 2 is 1.80 bits per heavy atom. The number of carbonyl (C=O) groups is 1. The summed E-state index contributed by atoms with van der Waals surface area (Å²) in [6, 6.07) is 15.6. The predicted octanol–water partition coefficient (Wildman–Crippen LogP) is 3.11. The van der Waals surface area contributed by atoms with Gasteiger partial charge in [0.1, 0.15) is 18.6 Å². The SMILES string of the molecule is CN(C)CCOc1cc(C=O)cc(-c2ccccc2)c1. The first-order valence-electron chi connectivity index (χ1n) is 6.62. The molecule has 0 amide bonds. The van der Waals surface area contributed by atoms with Crippen LogP contribution in [0.15, 0.2) is 48.5 Å². The van der Waals surface area contributed by atoms with Crippen LogP contribution in [-0.4, -0.2) is 38.4 Å². The van der Waals surface area contributed by atoms with E-state index >= 15 is 0 Å². The molecule has 0 bridgehead atoms. The Hall–Kier alpha value is -2.13. The van der Waals surface area contributed by atoms with Crippen molar-refractivity contribution >= 4 is 6.29 Å². The van der Waals surface area contributed by atoms with Crippen molar-refractivity contribution in [3.8, 4) is 16.9 Å². The Kier molecular flexibility index (Phi) is 4.91. The topological polar surface area (TPSA) is 29.5 Å². The van der Waals surface area contributed by atoms with Crippen molar-refractivity contribution in [2.45, 2.75) is 0 Å². The van der Waals surface area contributed by atoms with E-state index in [2.05, 4.69) is 4.90 Å². The van der Waals surface area contributed by atoms with Crippen molar-refractivity contribution in [3.63, 3.8) is 0 Å². The molecule has 20 heavy (non-hydrogen) atoms. The highest BCUT2D eigenvalue weighted by molar-refractivity contribution is 5.80. The standard InChI is InChI=1S/C17H19NO2/c1-18(2)8-9-20-17-11-14(13-19)10-16(12-17)15-6-4-3-5-7-15/h3-7,10-13H,8-9H2,1-2H3. The Bertz CT molecular complexity index is 564. The molecule has 0 radical (unpaired) electrons. The molecule has 0 fully saturated rings. The molecular weight excluding hydrogens is 250 g/mol. The summed E-state index contributed by atoms with van der Waals surface area (Å²) in [6.45, 7) is 1.44. The van der Waals surface area contributed by atoms with Gasteiger partial charge in [0.2, 0.25) is 0 Å². The van der Waals surface area contributed by atoms with Crippen LogP contribution in [0.4, 0.5) is 0 Å². The molecule has 0 saturated heterocycles. The largest absolute Gasteiger partial charge is 0.492 e. The summed E-state index contributed by atoms with van der Waals surface area (Å²) < 4.78 is 5.72. The second kappa shape index (κ2) is 6.87. The molecule has 104 valence electrons. The number of aldehydes is 1. The number of carbonyl (C=O) groups excluding carboxylic acids is 1. The molecule has 0 aromatic heterocycles. The minimum atomic E-state index is 0.601. The zero-order chi connectivity index (χ0) is 14.4. The fraction of sp³-hybridized carbons (Fsp3) is 0.235. The first-order valence-corrected chi connectivity index (χ1v) is 6.62. The van der Waals surface area contributed by atoms with Crippen LogP contribution in [0.5, 0.6) is 5.75 Å². The number of likely N-dealkylation sites (N-methyl/N-ethyl adjacent to an activating group) is 1. The van der Waals surface area contributed by atoms with Crippen molar-refractivity contribution in [2.75, 3.05) is 27.2 Å². The molecule has 0 spiro atoms. The van der Waals surface area contributed by atoms with Gasteiger partial charge >= 0.3 is 0 Å². The highest BCUT2D eigenvalue weighted by Crippen LogP contribution is 2.25. The Morgan fingerprint density at radius 1 is 1.05 bits per heavy atom. The molecule has 0 aliphatic heterocycles. The summed E-state index contributed by atoms with van der Waals surface area (Å²) in [4.78, 5) is 13.1. The van der Waals surface area contributed by atoms with E-state index in [-0.39, 0.29) is 0 Å². The summed E-state index contributed by atoms with van der Waals surface area (Å²) in [7, 11) is 4.00. The number of benzene rings is 2. The van der Waals surface area contributed by atoms with Crippen LogP contribution < -0.4 is 4.74 Å².